The molecular weight excluding hydrogens is 572 g/mol. The van der Waals surface area contributed by atoms with Crippen molar-refractivity contribution in [2.24, 2.45) is 4.99 Å². The molecule has 0 fully saturated rings. The number of para-hydroxylation sites is 1. The number of thiazole rings is 1. The van der Waals surface area contributed by atoms with Crippen LogP contribution in [0.5, 0.6) is 23.0 Å². The van der Waals surface area contributed by atoms with Gasteiger partial charge in [-0.15, -0.1) is 0 Å². The molecule has 44 heavy (non-hydrogen) atoms. The molecule has 8 rings (SSSR count). The minimum atomic E-state index is -0.292. The lowest BCUT2D eigenvalue weighted by Crippen LogP contribution is -2.38. The first-order valence-corrected chi connectivity index (χ1v) is 15.4. The van der Waals surface area contributed by atoms with E-state index in [2.05, 4.69) is 30.3 Å². The summed E-state index contributed by atoms with van der Waals surface area (Å²) in [6, 6.07) is 29.7. The van der Waals surface area contributed by atoms with Gasteiger partial charge < -0.3 is 18.9 Å². The molecule has 0 bridgehead atoms. The van der Waals surface area contributed by atoms with E-state index in [0.29, 0.717) is 15.9 Å². The summed E-state index contributed by atoms with van der Waals surface area (Å²) < 4.78 is 25.1. The number of aryl methyl sites for hydroxylation is 1. The third-order valence-electron chi connectivity index (χ3n) is 8.33. The largest absolute Gasteiger partial charge is 0.496 e. The maximum absolute atomic E-state index is 14.1. The van der Waals surface area contributed by atoms with E-state index >= 15 is 0 Å². The van der Waals surface area contributed by atoms with Crippen LogP contribution >= 0.6 is 11.3 Å². The minimum Gasteiger partial charge on any atom is -0.496 e. The number of fused-ring (bicyclic) bond motifs is 4. The molecule has 1 atom stereocenters. The van der Waals surface area contributed by atoms with E-state index in [9.17, 15) is 4.79 Å². The first-order chi connectivity index (χ1) is 21.7. The van der Waals surface area contributed by atoms with E-state index < -0.39 is 0 Å². The third kappa shape index (κ3) is 4.59. The SMILES string of the molecule is COc1ccccc1[C@@H]1C2=C(N=c3s/c(=C/c4ccc(OCc5ccc6c(c5)OCO6)cc4)c(=O)n31)c1ccccc1CC2. The average Bonchev–Trinajstić information content (AvgIpc) is 3.66. The summed E-state index contributed by atoms with van der Waals surface area (Å²) >= 11 is 1.42. The Bertz CT molecular complexity index is 2130. The lowest BCUT2D eigenvalue weighted by Gasteiger charge is -2.31. The quantitative estimate of drug-likeness (QED) is 0.253. The van der Waals surface area contributed by atoms with Gasteiger partial charge >= 0.3 is 0 Å². The molecule has 3 heterocycles. The minimum absolute atomic E-state index is 0.0572. The zero-order chi connectivity index (χ0) is 29.6. The van der Waals surface area contributed by atoms with Gasteiger partial charge in [0.2, 0.25) is 6.79 Å². The van der Waals surface area contributed by atoms with Gasteiger partial charge in [-0.2, -0.15) is 0 Å². The Kier molecular flexibility index (Phi) is 6.56. The van der Waals surface area contributed by atoms with Crippen molar-refractivity contribution in [1.29, 1.82) is 0 Å². The van der Waals surface area contributed by atoms with Gasteiger partial charge in [-0.3, -0.25) is 9.36 Å². The number of ether oxygens (including phenoxy) is 4. The molecule has 1 aliphatic carbocycles. The number of allylic oxidation sites excluding steroid dienone is 1. The summed E-state index contributed by atoms with van der Waals surface area (Å²) in [7, 11) is 1.68. The topological polar surface area (TPSA) is 71.3 Å². The number of hydrogen-bond acceptors (Lipinski definition) is 7. The summed E-state index contributed by atoms with van der Waals surface area (Å²) in [6.07, 6.45) is 3.67. The smallest absolute Gasteiger partial charge is 0.271 e. The Hall–Kier alpha value is -5.08. The maximum Gasteiger partial charge on any atom is 0.271 e. The summed E-state index contributed by atoms with van der Waals surface area (Å²) in [6.45, 7) is 0.655. The summed E-state index contributed by atoms with van der Waals surface area (Å²) in [5.41, 5.74) is 7.36. The second-order valence-corrected chi connectivity index (χ2v) is 11.9. The molecule has 0 radical (unpaired) electrons. The second-order valence-electron chi connectivity index (χ2n) is 10.9. The lowest BCUT2D eigenvalue weighted by atomic mass is 9.83. The molecule has 7 nitrogen and oxygen atoms in total. The van der Waals surface area contributed by atoms with Crippen molar-refractivity contribution in [3.63, 3.8) is 0 Å². The van der Waals surface area contributed by atoms with Gasteiger partial charge in [0.25, 0.3) is 5.56 Å². The zero-order valence-corrected chi connectivity index (χ0v) is 24.8. The van der Waals surface area contributed by atoms with Crippen molar-refractivity contribution in [2.75, 3.05) is 13.9 Å². The molecule has 0 saturated heterocycles. The van der Waals surface area contributed by atoms with Crippen LogP contribution in [0.25, 0.3) is 11.8 Å². The van der Waals surface area contributed by atoms with Gasteiger partial charge in [-0.1, -0.05) is 72.0 Å². The van der Waals surface area contributed by atoms with E-state index in [-0.39, 0.29) is 18.4 Å². The Morgan fingerprint density at radius 1 is 0.955 bits per heavy atom. The van der Waals surface area contributed by atoms with Crippen molar-refractivity contribution in [1.82, 2.24) is 4.57 Å². The summed E-state index contributed by atoms with van der Waals surface area (Å²) in [5, 5.41) is 0. The van der Waals surface area contributed by atoms with E-state index in [1.165, 1.54) is 16.9 Å². The molecule has 2 aliphatic heterocycles. The van der Waals surface area contributed by atoms with Crippen LogP contribution in [0.15, 0.2) is 106 Å². The average molecular weight is 601 g/mol. The second kappa shape index (κ2) is 10.9. The number of methoxy groups -OCH3 is 1. The highest BCUT2D eigenvalue weighted by atomic mass is 32.1. The zero-order valence-electron chi connectivity index (χ0n) is 24.0. The van der Waals surface area contributed by atoms with Crippen LogP contribution in [-0.4, -0.2) is 18.5 Å². The van der Waals surface area contributed by atoms with Crippen molar-refractivity contribution in [2.45, 2.75) is 25.5 Å². The van der Waals surface area contributed by atoms with Gasteiger partial charge in [0, 0.05) is 11.1 Å². The molecule has 0 saturated carbocycles. The van der Waals surface area contributed by atoms with Crippen molar-refractivity contribution in [3.05, 3.63) is 144 Å². The first-order valence-electron chi connectivity index (χ1n) is 14.5. The first kappa shape index (κ1) is 26.5. The fraction of sp³-hybridized carbons (Fsp3) is 0.167. The van der Waals surface area contributed by atoms with Gasteiger partial charge in [-0.25, -0.2) is 4.99 Å². The molecule has 0 amide bonds. The molecule has 0 unspecified atom stereocenters. The summed E-state index contributed by atoms with van der Waals surface area (Å²) in [4.78, 5) is 19.9. The van der Waals surface area contributed by atoms with Gasteiger partial charge in [0.15, 0.2) is 16.3 Å². The monoisotopic (exact) mass is 600 g/mol. The molecular formula is C36H28N2O5S. The van der Waals surface area contributed by atoms with Crippen LogP contribution in [0.3, 0.4) is 0 Å². The highest BCUT2D eigenvalue weighted by Crippen LogP contribution is 2.43. The van der Waals surface area contributed by atoms with Crippen LogP contribution in [0.1, 0.15) is 40.3 Å². The molecule has 4 aromatic carbocycles. The fourth-order valence-electron chi connectivity index (χ4n) is 6.20. The Morgan fingerprint density at radius 2 is 1.77 bits per heavy atom. The number of aromatic nitrogens is 1. The van der Waals surface area contributed by atoms with E-state index in [4.69, 9.17) is 23.9 Å². The molecule has 3 aliphatic rings. The van der Waals surface area contributed by atoms with Crippen LogP contribution < -0.4 is 33.8 Å². The molecule has 0 spiro atoms. The number of hydrogen-bond donors (Lipinski definition) is 0. The number of nitrogens with zero attached hydrogens (tertiary/aromatic N) is 2. The molecule has 0 N–H and O–H groups in total. The van der Waals surface area contributed by atoms with Crippen molar-refractivity contribution >= 4 is 23.1 Å². The maximum atomic E-state index is 14.1. The number of benzene rings is 4. The third-order valence-corrected chi connectivity index (χ3v) is 9.31. The molecule has 1 aromatic heterocycles. The van der Waals surface area contributed by atoms with E-state index in [0.717, 1.165) is 69.4 Å². The summed E-state index contributed by atoms with van der Waals surface area (Å²) in [5.74, 6) is 2.99. The van der Waals surface area contributed by atoms with Crippen LogP contribution in [0.4, 0.5) is 0 Å². The number of rotatable bonds is 6. The van der Waals surface area contributed by atoms with Gasteiger partial charge in [0.1, 0.15) is 18.1 Å². The van der Waals surface area contributed by atoms with Crippen molar-refractivity contribution in [3.8, 4) is 23.0 Å². The Labute approximate surface area is 257 Å². The molecule has 5 aromatic rings. The molecule has 218 valence electrons. The van der Waals surface area contributed by atoms with Crippen LogP contribution in [0, 0.1) is 0 Å². The Morgan fingerprint density at radius 3 is 2.66 bits per heavy atom. The standard InChI is InChI=1S/C36H28N2O5S/c1-40-29-9-5-4-8-27(29)34-28-16-13-24-6-2-3-7-26(24)33(28)37-36-38(34)35(39)32(44-36)19-22-10-14-25(15-11-22)41-20-23-12-17-30-31(18-23)43-21-42-30/h2-12,14-15,17-19,34H,13,16,20-21H2,1H3/b32-19+/t34-/m1/s1. The van der Waals surface area contributed by atoms with Crippen LogP contribution in [0.2, 0.25) is 0 Å². The predicted octanol–water partition coefficient (Wildman–Crippen LogP) is 5.64. The highest BCUT2D eigenvalue weighted by molar-refractivity contribution is 7.07. The highest BCUT2D eigenvalue weighted by Gasteiger charge is 2.34. The lowest BCUT2D eigenvalue weighted by molar-refractivity contribution is 0.174. The van der Waals surface area contributed by atoms with Gasteiger partial charge in [-0.05, 0) is 71.5 Å². The normalized spacial score (nSPS) is 16.6. The molecule has 8 heteroatoms. The van der Waals surface area contributed by atoms with E-state index in [1.54, 1.807) is 7.11 Å². The predicted molar refractivity (Wildman–Crippen MR) is 169 cm³/mol. The van der Waals surface area contributed by atoms with Crippen LogP contribution in [-0.2, 0) is 13.0 Å². The van der Waals surface area contributed by atoms with Gasteiger partial charge in [0.05, 0.1) is 23.4 Å². The van der Waals surface area contributed by atoms with Crippen molar-refractivity contribution < 1.29 is 18.9 Å². The fourth-order valence-corrected chi connectivity index (χ4v) is 7.20. The van der Waals surface area contributed by atoms with E-state index in [1.807, 2.05) is 71.3 Å². The Balaban J connectivity index is 1.15.